The van der Waals surface area contributed by atoms with Crippen LogP contribution in [0.3, 0.4) is 0 Å². The molecular formula is C25H29N5O3. The van der Waals surface area contributed by atoms with Crippen molar-refractivity contribution in [1.29, 1.82) is 0 Å². The average molecular weight is 448 g/mol. The Morgan fingerprint density at radius 1 is 1.09 bits per heavy atom. The molecule has 0 aliphatic rings. The number of hydrogen-bond acceptors (Lipinski definition) is 6. The van der Waals surface area contributed by atoms with Gasteiger partial charge in [-0.1, -0.05) is 0 Å². The number of aromatic amines is 1. The Morgan fingerprint density at radius 2 is 1.91 bits per heavy atom. The molecule has 3 aromatic heterocycles. The quantitative estimate of drug-likeness (QED) is 0.341. The molecule has 33 heavy (non-hydrogen) atoms. The van der Waals surface area contributed by atoms with Crippen LogP contribution >= 0.6 is 0 Å². The molecule has 172 valence electrons. The van der Waals surface area contributed by atoms with Gasteiger partial charge in [-0.15, -0.1) is 0 Å². The minimum absolute atomic E-state index is 0.215. The van der Waals surface area contributed by atoms with Crippen molar-refractivity contribution in [3.63, 3.8) is 0 Å². The monoisotopic (exact) mass is 447 g/mol. The van der Waals surface area contributed by atoms with Gasteiger partial charge in [0.1, 0.15) is 0 Å². The van der Waals surface area contributed by atoms with Crippen molar-refractivity contribution < 1.29 is 9.47 Å². The van der Waals surface area contributed by atoms with E-state index < -0.39 is 0 Å². The number of nitrogens with zero attached hydrogens (tertiary/aromatic N) is 3. The summed E-state index contributed by atoms with van der Waals surface area (Å²) in [6, 6.07) is 5.36. The number of fused-ring (bicyclic) bond motifs is 1. The van der Waals surface area contributed by atoms with Crippen molar-refractivity contribution in [2.24, 2.45) is 0 Å². The lowest BCUT2D eigenvalue weighted by atomic mass is 10.1. The molecule has 2 N–H and O–H groups in total. The molecule has 0 unspecified atom stereocenters. The molecule has 0 aliphatic heterocycles. The number of methoxy groups -OCH3 is 1. The molecule has 0 radical (unpaired) electrons. The second-order valence-electron chi connectivity index (χ2n) is 8.05. The lowest BCUT2D eigenvalue weighted by molar-refractivity contribution is 0.287. The molecule has 0 fully saturated rings. The summed E-state index contributed by atoms with van der Waals surface area (Å²) in [5.74, 6) is 1.14. The highest BCUT2D eigenvalue weighted by molar-refractivity contribution is 5.97. The molecule has 8 nitrogen and oxygen atoms in total. The number of ether oxygens (including phenoxy) is 2. The number of pyridine rings is 2. The van der Waals surface area contributed by atoms with Crippen LogP contribution in [0.1, 0.15) is 30.4 Å². The maximum absolute atomic E-state index is 12.5. The van der Waals surface area contributed by atoms with Gasteiger partial charge >= 0.3 is 0 Å². The smallest absolute Gasteiger partial charge is 0.250 e. The summed E-state index contributed by atoms with van der Waals surface area (Å²) in [5, 5.41) is 4.27. The van der Waals surface area contributed by atoms with E-state index in [9.17, 15) is 4.79 Å². The van der Waals surface area contributed by atoms with Crippen LogP contribution in [0.25, 0.3) is 10.9 Å². The van der Waals surface area contributed by atoms with E-state index in [4.69, 9.17) is 9.47 Å². The van der Waals surface area contributed by atoms with Gasteiger partial charge in [0.25, 0.3) is 5.56 Å². The molecule has 0 saturated heterocycles. The Hall–Kier alpha value is -3.81. The van der Waals surface area contributed by atoms with Gasteiger partial charge in [-0.3, -0.25) is 9.78 Å². The van der Waals surface area contributed by atoms with Crippen molar-refractivity contribution in [1.82, 2.24) is 19.5 Å². The number of hydrogen-bond donors (Lipinski definition) is 2. The van der Waals surface area contributed by atoms with Crippen LogP contribution in [0.2, 0.25) is 0 Å². The van der Waals surface area contributed by atoms with E-state index in [0.717, 1.165) is 48.0 Å². The zero-order valence-corrected chi connectivity index (χ0v) is 19.2. The van der Waals surface area contributed by atoms with Gasteiger partial charge in [0, 0.05) is 48.5 Å². The minimum atomic E-state index is -0.215. The first-order valence-corrected chi connectivity index (χ1v) is 11.1. The van der Waals surface area contributed by atoms with Crippen molar-refractivity contribution in [3.8, 4) is 11.5 Å². The molecule has 0 amide bonds. The van der Waals surface area contributed by atoms with E-state index in [1.165, 1.54) is 0 Å². The molecule has 8 heteroatoms. The molecule has 0 spiro atoms. The van der Waals surface area contributed by atoms with Crippen LogP contribution in [-0.4, -0.2) is 33.2 Å². The standard InChI is InChI=1S/C25H29N5O3/c1-17-14-27-15-18(2)23(17)28-20-13-22(31)29-24-19(20)7-8-21(32-3)25(24)33-12-6-4-5-10-30-11-9-26-16-30/h7-9,11,13-16H,4-6,10,12H2,1-3H3,(H2,27,28,29,31). The number of nitrogens with one attached hydrogen (secondary N) is 2. The summed E-state index contributed by atoms with van der Waals surface area (Å²) in [4.78, 5) is 23.8. The van der Waals surface area contributed by atoms with Crippen molar-refractivity contribution in [2.75, 3.05) is 19.0 Å². The Labute approximate surface area is 192 Å². The Balaban J connectivity index is 1.55. The van der Waals surface area contributed by atoms with E-state index in [-0.39, 0.29) is 5.56 Å². The fourth-order valence-corrected chi connectivity index (χ4v) is 3.89. The molecule has 4 aromatic rings. The van der Waals surface area contributed by atoms with Crippen molar-refractivity contribution >= 4 is 22.3 Å². The highest BCUT2D eigenvalue weighted by Crippen LogP contribution is 2.37. The zero-order chi connectivity index (χ0) is 23.2. The normalized spacial score (nSPS) is 11.0. The highest BCUT2D eigenvalue weighted by atomic mass is 16.5. The molecule has 1 aromatic carbocycles. The van der Waals surface area contributed by atoms with Gasteiger partial charge in [0.15, 0.2) is 11.5 Å². The Morgan fingerprint density at radius 3 is 2.64 bits per heavy atom. The first-order valence-electron chi connectivity index (χ1n) is 11.1. The van der Waals surface area contributed by atoms with Gasteiger partial charge < -0.3 is 24.3 Å². The molecule has 0 bridgehead atoms. The summed E-state index contributed by atoms with van der Waals surface area (Å²) in [7, 11) is 1.60. The summed E-state index contributed by atoms with van der Waals surface area (Å²) < 4.78 is 13.7. The van der Waals surface area contributed by atoms with Crippen LogP contribution in [0, 0.1) is 13.8 Å². The predicted molar refractivity (Wildman–Crippen MR) is 130 cm³/mol. The first-order chi connectivity index (χ1) is 16.1. The van der Waals surface area contributed by atoms with Gasteiger partial charge in [0.05, 0.1) is 31.2 Å². The average Bonchev–Trinajstić information content (AvgIpc) is 3.32. The van der Waals surface area contributed by atoms with Crippen LogP contribution in [0.4, 0.5) is 11.4 Å². The molecular weight excluding hydrogens is 418 g/mol. The maximum Gasteiger partial charge on any atom is 0.250 e. The van der Waals surface area contributed by atoms with Gasteiger partial charge in [0.2, 0.25) is 0 Å². The van der Waals surface area contributed by atoms with Gasteiger partial charge in [-0.25, -0.2) is 4.98 Å². The number of benzene rings is 1. The predicted octanol–water partition coefficient (Wildman–Crippen LogP) is 4.74. The number of aromatic nitrogens is 4. The lowest BCUT2D eigenvalue weighted by Crippen LogP contribution is -2.10. The number of aryl methyl sites for hydroxylation is 3. The topological polar surface area (TPSA) is 94.1 Å². The number of H-pyrrole nitrogens is 1. The Kier molecular flexibility index (Phi) is 6.92. The summed E-state index contributed by atoms with van der Waals surface area (Å²) >= 11 is 0. The first kappa shape index (κ1) is 22.4. The largest absolute Gasteiger partial charge is 0.493 e. The lowest BCUT2D eigenvalue weighted by Gasteiger charge is -2.17. The van der Waals surface area contributed by atoms with E-state index in [0.29, 0.717) is 29.3 Å². The van der Waals surface area contributed by atoms with Gasteiger partial charge in [-0.2, -0.15) is 0 Å². The third-order valence-corrected chi connectivity index (χ3v) is 5.61. The summed E-state index contributed by atoms with van der Waals surface area (Å²) in [5.41, 5.74) is 4.06. The summed E-state index contributed by atoms with van der Waals surface area (Å²) in [6.07, 6.45) is 12.1. The third kappa shape index (κ3) is 5.16. The van der Waals surface area contributed by atoms with Crippen molar-refractivity contribution in [3.05, 3.63) is 70.8 Å². The minimum Gasteiger partial charge on any atom is -0.493 e. The molecule has 0 atom stereocenters. The van der Waals surface area contributed by atoms with Crippen LogP contribution in [-0.2, 0) is 6.54 Å². The number of rotatable bonds is 10. The maximum atomic E-state index is 12.5. The van der Waals surface area contributed by atoms with E-state index in [1.807, 2.05) is 38.5 Å². The molecule has 0 aliphatic carbocycles. The van der Waals surface area contributed by atoms with E-state index >= 15 is 0 Å². The van der Waals surface area contributed by atoms with Crippen LogP contribution < -0.4 is 20.3 Å². The highest BCUT2D eigenvalue weighted by Gasteiger charge is 2.15. The van der Waals surface area contributed by atoms with Crippen LogP contribution in [0.5, 0.6) is 11.5 Å². The van der Waals surface area contributed by atoms with E-state index in [1.54, 1.807) is 31.8 Å². The number of unbranched alkanes of at least 4 members (excludes halogenated alkanes) is 2. The fourth-order valence-electron chi connectivity index (χ4n) is 3.89. The van der Waals surface area contributed by atoms with Crippen molar-refractivity contribution in [2.45, 2.75) is 39.7 Å². The molecule has 0 saturated carbocycles. The van der Waals surface area contributed by atoms with Crippen LogP contribution in [0.15, 0.2) is 54.1 Å². The zero-order valence-electron chi connectivity index (χ0n) is 19.2. The Bertz CT molecular complexity index is 1260. The molecule has 3 heterocycles. The third-order valence-electron chi connectivity index (χ3n) is 5.61. The SMILES string of the molecule is COc1ccc2c(Nc3c(C)cncc3C)cc(=O)[nH]c2c1OCCCCCn1ccnc1. The number of imidazole rings is 1. The second kappa shape index (κ2) is 10.2. The number of anilines is 2. The summed E-state index contributed by atoms with van der Waals surface area (Å²) in [6.45, 7) is 5.44. The molecule has 4 rings (SSSR count). The van der Waals surface area contributed by atoms with Gasteiger partial charge in [-0.05, 0) is 56.4 Å². The second-order valence-corrected chi connectivity index (χ2v) is 8.05. The fraction of sp³-hybridized carbons (Fsp3) is 0.320. The van der Waals surface area contributed by atoms with E-state index in [2.05, 4.69) is 24.8 Å².